The molecule has 96 valence electrons. The van der Waals surface area contributed by atoms with Gasteiger partial charge in [0, 0.05) is 5.02 Å². The molecule has 0 radical (unpaired) electrons. The fraction of sp³-hybridized carbons (Fsp3) is 0.385. The summed E-state index contributed by atoms with van der Waals surface area (Å²) in [5.74, 6) is 1.36. The number of nitrogens with zero attached hydrogens (tertiary/aromatic N) is 2. The highest BCUT2D eigenvalue weighted by molar-refractivity contribution is 6.30. The second-order valence-corrected chi connectivity index (χ2v) is 4.21. The molecule has 0 heterocycles. The molecule has 0 amide bonds. The van der Waals surface area contributed by atoms with Crippen molar-refractivity contribution < 1.29 is 4.74 Å². The van der Waals surface area contributed by atoms with Crippen molar-refractivity contribution in [1.82, 2.24) is 5.32 Å². The predicted molar refractivity (Wildman–Crippen MR) is 72.9 cm³/mol. The summed E-state index contributed by atoms with van der Waals surface area (Å²) in [5.41, 5.74) is 0. The highest BCUT2D eigenvalue weighted by atomic mass is 35.5. The van der Waals surface area contributed by atoms with Crippen LogP contribution in [-0.2, 0) is 0 Å². The lowest BCUT2D eigenvalue weighted by Gasteiger charge is -2.13. The molecule has 1 aromatic carbocycles. The molecule has 0 bridgehead atoms. The summed E-state index contributed by atoms with van der Waals surface area (Å²) in [6.45, 7) is 4.26. The smallest absolute Gasteiger partial charge is 0.182 e. The van der Waals surface area contributed by atoms with Crippen molar-refractivity contribution in [3.8, 4) is 11.9 Å². The van der Waals surface area contributed by atoms with E-state index in [9.17, 15) is 0 Å². The van der Waals surface area contributed by atoms with Gasteiger partial charge in [-0.3, -0.25) is 10.3 Å². The molecule has 4 nitrogen and oxygen atoms in total. The van der Waals surface area contributed by atoms with Crippen molar-refractivity contribution in [3.05, 3.63) is 29.3 Å². The van der Waals surface area contributed by atoms with Gasteiger partial charge in [-0.05, 0) is 37.6 Å². The number of benzene rings is 1. The quantitative estimate of drug-likeness (QED) is 0.385. The molecule has 0 aliphatic carbocycles. The van der Waals surface area contributed by atoms with E-state index in [1.165, 1.54) is 0 Å². The summed E-state index contributed by atoms with van der Waals surface area (Å²) >= 11 is 5.79. The highest BCUT2D eigenvalue weighted by Crippen LogP contribution is 2.16. The van der Waals surface area contributed by atoms with Crippen molar-refractivity contribution in [2.45, 2.75) is 26.3 Å². The molecule has 0 aliphatic rings. The van der Waals surface area contributed by atoms with Crippen molar-refractivity contribution in [2.24, 2.45) is 4.99 Å². The fourth-order valence-corrected chi connectivity index (χ4v) is 1.48. The molecule has 5 heteroatoms. The Bertz CT molecular complexity index is 437. The number of nitriles is 1. The Hall–Kier alpha value is -1.73. The number of ether oxygens (including phenoxy) is 1. The number of hydrogen-bond donors (Lipinski definition) is 1. The number of rotatable bonds is 5. The zero-order valence-corrected chi connectivity index (χ0v) is 11.2. The van der Waals surface area contributed by atoms with Crippen LogP contribution >= 0.6 is 11.6 Å². The minimum absolute atomic E-state index is 0.0292. The van der Waals surface area contributed by atoms with Crippen molar-refractivity contribution in [2.75, 3.05) is 6.61 Å². The Balaban J connectivity index is 2.52. The fourth-order valence-electron chi connectivity index (χ4n) is 1.36. The lowest BCUT2D eigenvalue weighted by Crippen LogP contribution is -2.21. The van der Waals surface area contributed by atoms with Crippen molar-refractivity contribution >= 4 is 17.4 Å². The van der Waals surface area contributed by atoms with Crippen LogP contribution in [0.2, 0.25) is 5.02 Å². The zero-order valence-electron chi connectivity index (χ0n) is 10.5. The van der Waals surface area contributed by atoms with E-state index in [-0.39, 0.29) is 6.04 Å². The minimum Gasteiger partial charge on any atom is -0.491 e. The van der Waals surface area contributed by atoms with E-state index in [0.717, 1.165) is 12.2 Å². The van der Waals surface area contributed by atoms with Gasteiger partial charge in [-0.25, -0.2) is 0 Å². The van der Waals surface area contributed by atoms with Gasteiger partial charge >= 0.3 is 0 Å². The SMILES string of the molecule is CC[C@@H](COc1ccc(Cl)cc1)N=C(C)NC#N. The number of hydrogen-bond acceptors (Lipinski definition) is 3. The van der Waals surface area contributed by atoms with Crippen LogP contribution in [0.25, 0.3) is 0 Å². The first-order chi connectivity index (χ1) is 8.65. The minimum atomic E-state index is 0.0292. The number of aliphatic imine (C=N–C) groups is 1. The summed E-state index contributed by atoms with van der Waals surface area (Å²) in [4.78, 5) is 4.35. The third kappa shape index (κ3) is 5.07. The van der Waals surface area contributed by atoms with Gasteiger partial charge < -0.3 is 4.74 Å². The predicted octanol–water partition coefficient (Wildman–Crippen LogP) is 2.99. The first-order valence-electron chi connectivity index (χ1n) is 5.73. The first kappa shape index (κ1) is 14.3. The maximum absolute atomic E-state index is 8.47. The van der Waals surface area contributed by atoms with Crippen LogP contribution in [0.3, 0.4) is 0 Å². The summed E-state index contributed by atoms with van der Waals surface area (Å²) < 4.78 is 5.62. The van der Waals surface area contributed by atoms with Crippen LogP contribution in [0.4, 0.5) is 0 Å². The molecular weight excluding hydrogens is 250 g/mol. The molecule has 0 saturated heterocycles. The largest absolute Gasteiger partial charge is 0.491 e. The van der Waals surface area contributed by atoms with Gasteiger partial charge in [0.2, 0.25) is 0 Å². The van der Waals surface area contributed by atoms with Gasteiger partial charge in [0.05, 0.1) is 6.04 Å². The topological polar surface area (TPSA) is 57.4 Å². The van der Waals surface area contributed by atoms with Crippen molar-refractivity contribution in [3.63, 3.8) is 0 Å². The molecule has 18 heavy (non-hydrogen) atoms. The number of amidine groups is 1. The summed E-state index contributed by atoms with van der Waals surface area (Å²) in [5, 5.41) is 11.7. The molecule has 1 aromatic rings. The molecule has 1 N–H and O–H groups in total. The Kier molecular flexibility index (Phi) is 6.03. The van der Waals surface area contributed by atoms with E-state index in [2.05, 4.69) is 10.3 Å². The third-order valence-electron chi connectivity index (χ3n) is 2.34. The van der Waals surface area contributed by atoms with Gasteiger partial charge in [0.25, 0.3) is 0 Å². The molecule has 1 atom stereocenters. The van der Waals surface area contributed by atoms with Gasteiger partial charge in [-0.15, -0.1) is 0 Å². The summed E-state index contributed by atoms with van der Waals surface area (Å²) in [6, 6.07) is 7.23. The van der Waals surface area contributed by atoms with E-state index < -0.39 is 0 Å². The Labute approximate surface area is 112 Å². The van der Waals surface area contributed by atoms with Gasteiger partial charge in [-0.2, -0.15) is 5.26 Å². The van der Waals surface area contributed by atoms with E-state index in [4.69, 9.17) is 21.6 Å². The molecule has 0 aromatic heterocycles. The van der Waals surface area contributed by atoms with E-state index >= 15 is 0 Å². The highest BCUT2D eigenvalue weighted by Gasteiger charge is 2.06. The average Bonchev–Trinajstić information content (AvgIpc) is 2.36. The molecular formula is C13H16ClN3O. The molecule has 1 rings (SSSR count). The summed E-state index contributed by atoms with van der Waals surface area (Å²) in [6.07, 6.45) is 2.69. The zero-order chi connectivity index (χ0) is 13.4. The maximum Gasteiger partial charge on any atom is 0.182 e. The summed E-state index contributed by atoms with van der Waals surface area (Å²) in [7, 11) is 0. The van der Waals surface area contributed by atoms with Crippen molar-refractivity contribution in [1.29, 1.82) is 5.26 Å². The van der Waals surface area contributed by atoms with Crippen LogP contribution < -0.4 is 10.1 Å². The molecule has 0 aliphatic heterocycles. The van der Waals surface area contributed by atoms with E-state index in [0.29, 0.717) is 17.5 Å². The third-order valence-corrected chi connectivity index (χ3v) is 2.59. The van der Waals surface area contributed by atoms with Gasteiger partial charge in [0.15, 0.2) is 6.19 Å². The number of nitrogens with one attached hydrogen (secondary N) is 1. The normalized spacial score (nSPS) is 12.7. The first-order valence-corrected chi connectivity index (χ1v) is 6.11. The molecule has 0 fully saturated rings. The van der Waals surface area contributed by atoms with E-state index in [1.54, 1.807) is 19.1 Å². The molecule has 0 spiro atoms. The molecule has 0 unspecified atom stereocenters. The van der Waals surface area contributed by atoms with Crippen LogP contribution in [0, 0.1) is 11.5 Å². The van der Waals surface area contributed by atoms with Gasteiger partial charge in [0.1, 0.15) is 18.2 Å². The van der Waals surface area contributed by atoms with Crippen LogP contribution in [0.5, 0.6) is 5.75 Å². The Morgan fingerprint density at radius 1 is 1.50 bits per heavy atom. The Morgan fingerprint density at radius 3 is 2.72 bits per heavy atom. The monoisotopic (exact) mass is 265 g/mol. The van der Waals surface area contributed by atoms with Crippen LogP contribution in [0.15, 0.2) is 29.3 Å². The standard InChI is InChI=1S/C13H16ClN3O/c1-3-12(17-10(2)16-9-15)8-18-13-6-4-11(14)5-7-13/h4-7,12H,3,8H2,1-2H3,(H,16,17)/t12-/m0/s1. The second-order valence-electron chi connectivity index (χ2n) is 3.78. The van der Waals surface area contributed by atoms with E-state index in [1.807, 2.05) is 25.2 Å². The van der Waals surface area contributed by atoms with Crippen LogP contribution in [0.1, 0.15) is 20.3 Å². The average molecular weight is 266 g/mol. The lowest BCUT2D eigenvalue weighted by atomic mass is 10.2. The van der Waals surface area contributed by atoms with Crippen LogP contribution in [-0.4, -0.2) is 18.5 Å². The maximum atomic E-state index is 8.47. The molecule has 0 saturated carbocycles. The Morgan fingerprint density at radius 2 is 2.17 bits per heavy atom. The van der Waals surface area contributed by atoms with Gasteiger partial charge in [-0.1, -0.05) is 18.5 Å². The number of halogens is 1. The lowest BCUT2D eigenvalue weighted by molar-refractivity contribution is 0.286. The second kappa shape index (κ2) is 7.57.